The lowest BCUT2D eigenvalue weighted by Gasteiger charge is -2.15. The highest BCUT2D eigenvalue weighted by atomic mass is 79.9. The topological polar surface area (TPSA) is 0 Å². The number of rotatable bonds is 2. The van der Waals surface area contributed by atoms with Crippen LogP contribution in [0.15, 0.2) is 42.5 Å². The number of benzene rings is 2. The van der Waals surface area contributed by atoms with Crippen molar-refractivity contribution in [1.29, 1.82) is 0 Å². The Labute approximate surface area is 120 Å². The van der Waals surface area contributed by atoms with Crippen LogP contribution in [0, 0.1) is 11.6 Å². The van der Waals surface area contributed by atoms with Crippen LogP contribution in [-0.2, 0) is 6.18 Å². The van der Waals surface area contributed by atoms with Gasteiger partial charge in [0.15, 0.2) is 0 Å². The zero-order valence-electron chi connectivity index (χ0n) is 9.89. The van der Waals surface area contributed by atoms with Crippen molar-refractivity contribution < 1.29 is 22.0 Å². The van der Waals surface area contributed by atoms with E-state index in [0.29, 0.717) is 11.6 Å². The van der Waals surface area contributed by atoms with Gasteiger partial charge in [-0.05, 0) is 23.8 Å². The Morgan fingerprint density at radius 1 is 0.900 bits per heavy atom. The number of halogens is 6. The van der Waals surface area contributed by atoms with Crippen LogP contribution in [0.25, 0.3) is 0 Å². The molecule has 0 aliphatic rings. The first-order valence-electron chi connectivity index (χ1n) is 5.56. The Balaban J connectivity index is 2.45. The molecule has 0 radical (unpaired) electrons. The minimum atomic E-state index is -4.75. The Morgan fingerprint density at radius 2 is 1.50 bits per heavy atom. The molecule has 0 aliphatic heterocycles. The summed E-state index contributed by atoms with van der Waals surface area (Å²) in [4.78, 5) is -0.787. The van der Waals surface area contributed by atoms with Gasteiger partial charge in [0, 0.05) is 5.56 Å². The van der Waals surface area contributed by atoms with Gasteiger partial charge in [-0.15, -0.1) is 0 Å². The van der Waals surface area contributed by atoms with Crippen molar-refractivity contribution >= 4 is 15.9 Å². The third-order valence-electron chi connectivity index (χ3n) is 2.77. The van der Waals surface area contributed by atoms with Crippen LogP contribution in [0.3, 0.4) is 0 Å². The molecule has 0 fully saturated rings. The zero-order valence-corrected chi connectivity index (χ0v) is 11.5. The first-order chi connectivity index (χ1) is 9.30. The van der Waals surface area contributed by atoms with Gasteiger partial charge in [0.25, 0.3) is 0 Å². The number of alkyl halides is 4. The minimum absolute atomic E-state index is 0.147. The molecule has 1 unspecified atom stereocenters. The molecule has 0 aliphatic carbocycles. The summed E-state index contributed by atoms with van der Waals surface area (Å²) in [5.41, 5.74) is -1.00. The van der Waals surface area contributed by atoms with E-state index < -0.39 is 28.2 Å². The molecule has 0 nitrogen and oxygen atoms in total. The van der Waals surface area contributed by atoms with E-state index in [1.165, 1.54) is 18.2 Å². The van der Waals surface area contributed by atoms with E-state index in [-0.39, 0.29) is 5.56 Å². The molecule has 20 heavy (non-hydrogen) atoms. The second-order valence-corrected chi connectivity index (χ2v) is 5.04. The van der Waals surface area contributed by atoms with Gasteiger partial charge >= 0.3 is 6.18 Å². The lowest BCUT2D eigenvalue weighted by molar-refractivity contribution is -0.140. The van der Waals surface area contributed by atoms with Crippen LogP contribution in [-0.4, -0.2) is 0 Å². The van der Waals surface area contributed by atoms with Gasteiger partial charge in [0.1, 0.15) is 11.6 Å². The molecule has 0 bridgehead atoms. The van der Waals surface area contributed by atoms with Crippen molar-refractivity contribution in [2.75, 3.05) is 0 Å². The summed E-state index contributed by atoms with van der Waals surface area (Å²) in [6.45, 7) is 0. The summed E-state index contributed by atoms with van der Waals surface area (Å²) in [6.07, 6.45) is -4.75. The first-order valence-corrected chi connectivity index (χ1v) is 6.47. The fraction of sp³-hybridized carbons (Fsp3) is 0.143. The minimum Gasteiger partial charge on any atom is -0.207 e. The Bertz CT molecular complexity index is 604. The molecule has 2 rings (SSSR count). The molecule has 106 valence electrons. The summed E-state index contributed by atoms with van der Waals surface area (Å²) in [7, 11) is 0. The van der Waals surface area contributed by atoms with Gasteiger partial charge in [-0.3, -0.25) is 0 Å². The van der Waals surface area contributed by atoms with Gasteiger partial charge in [-0.25, -0.2) is 8.78 Å². The van der Waals surface area contributed by atoms with Crippen LogP contribution >= 0.6 is 15.9 Å². The molecule has 2 aromatic carbocycles. The van der Waals surface area contributed by atoms with Gasteiger partial charge in [-0.2, -0.15) is 13.2 Å². The first kappa shape index (κ1) is 15.0. The predicted octanol–water partition coefficient (Wildman–Crippen LogP) is 5.47. The van der Waals surface area contributed by atoms with Crippen LogP contribution in [0.5, 0.6) is 0 Å². The van der Waals surface area contributed by atoms with Gasteiger partial charge in [0.2, 0.25) is 0 Å². The molecule has 0 spiro atoms. The van der Waals surface area contributed by atoms with Crippen molar-refractivity contribution in [1.82, 2.24) is 0 Å². The smallest absolute Gasteiger partial charge is 0.207 e. The van der Waals surface area contributed by atoms with E-state index in [1.54, 1.807) is 0 Å². The van der Waals surface area contributed by atoms with Gasteiger partial charge < -0.3 is 0 Å². The maximum atomic E-state index is 14.0. The largest absolute Gasteiger partial charge is 0.419 e. The van der Waals surface area contributed by atoms with Crippen LogP contribution in [0.1, 0.15) is 21.5 Å². The number of hydrogen-bond acceptors (Lipinski definition) is 0. The second kappa shape index (κ2) is 5.52. The quantitative estimate of drug-likeness (QED) is 0.497. The molecule has 0 aromatic heterocycles. The molecule has 0 saturated carbocycles. The molecular weight excluding hydrogens is 343 g/mol. The number of hydrogen-bond donors (Lipinski definition) is 0. The van der Waals surface area contributed by atoms with E-state index in [1.807, 2.05) is 0 Å². The SMILES string of the molecule is Fc1ccc(C(Br)c2cccc(C(F)(F)F)c2F)cc1. The Hall–Kier alpha value is -1.43. The van der Waals surface area contributed by atoms with Crippen LogP contribution in [0.2, 0.25) is 0 Å². The highest BCUT2D eigenvalue weighted by Gasteiger charge is 2.35. The van der Waals surface area contributed by atoms with Crippen molar-refractivity contribution in [3.8, 4) is 0 Å². The molecule has 0 saturated heterocycles. The van der Waals surface area contributed by atoms with Crippen molar-refractivity contribution in [2.24, 2.45) is 0 Å². The van der Waals surface area contributed by atoms with Gasteiger partial charge in [-0.1, -0.05) is 40.2 Å². The lowest BCUT2D eigenvalue weighted by atomic mass is 10.0. The lowest BCUT2D eigenvalue weighted by Crippen LogP contribution is -2.10. The van der Waals surface area contributed by atoms with Crippen molar-refractivity contribution in [3.63, 3.8) is 0 Å². The summed E-state index contributed by atoms with van der Waals surface area (Å²) in [5, 5.41) is 0. The fourth-order valence-corrected chi connectivity index (χ4v) is 2.43. The Kier molecular flexibility index (Phi) is 4.13. The summed E-state index contributed by atoms with van der Waals surface area (Å²) >= 11 is 3.14. The van der Waals surface area contributed by atoms with Crippen molar-refractivity contribution in [2.45, 2.75) is 11.0 Å². The molecular formula is C14H8BrF5. The standard InChI is InChI=1S/C14H8BrF5/c15-12(8-4-6-9(16)7-5-8)10-2-1-3-11(13(10)17)14(18,19)20/h1-7,12H. The fourth-order valence-electron chi connectivity index (χ4n) is 1.78. The monoisotopic (exact) mass is 350 g/mol. The molecule has 2 aromatic rings. The summed E-state index contributed by atoms with van der Waals surface area (Å²) in [6, 6.07) is 8.17. The highest BCUT2D eigenvalue weighted by Crippen LogP contribution is 2.38. The maximum absolute atomic E-state index is 14.0. The normalized spacial score (nSPS) is 13.3. The van der Waals surface area contributed by atoms with E-state index in [4.69, 9.17) is 0 Å². The summed E-state index contributed by atoms with van der Waals surface area (Å²) < 4.78 is 64.7. The van der Waals surface area contributed by atoms with E-state index in [0.717, 1.165) is 18.2 Å². The molecule has 1 atom stereocenters. The van der Waals surface area contributed by atoms with Crippen LogP contribution < -0.4 is 0 Å². The average Bonchev–Trinajstić information content (AvgIpc) is 2.37. The van der Waals surface area contributed by atoms with E-state index >= 15 is 0 Å². The summed E-state index contributed by atoms with van der Waals surface area (Å²) in [5.74, 6) is -1.80. The third-order valence-corrected chi connectivity index (χ3v) is 3.79. The molecule has 0 heterocycles. The van der Waals surface area contributed by atoms with Gasteiger partial charge in [0.05, 0.1) is 10.4 Å². The molecule has 6 heteroatoms. The van der Waals surface area contributed by atoms with E-state index in [2.05, 4.69) is 15.9 Å². The highest BCUT2D eigenvalue weighted by molar-refractivity contribution is 9.09. The average molecular weight is 351 g/mol. The predicted molar refractivity (Wildman–Crippen MR) is 68.6 cm³/mol. The van der Waals surface area contributed by atoms with E-state index in [9.17, 15) is 22.0 Å². The Morgan fingerprint density at radius 3 is 2.05 bits per heavy atom. The maximum Gasteiger partial charge on any atom is 0.419 e. The zero-order chi connectivity index (χ0) is 14.9. The third kappa shape index (κ3) is 3.00. The molecule has 0 N–H and O–H groups in total. The molecule has 0 amide bonds. The van der Waals surface area contributed by atoms with Crippen LogP contribution in [0.4, 0.5) is 22.0 Å². The van der Waals surface area contributed by atoms with Crippen molar-refractivity contribution in [3.05, 3.63) is 70.8 Å². The second-order valence-electron chi connectivity index (χ2n) is 4.12.